The zero-order valence-electron chi connectivity index (χ0n) is 9.75. The van der Waals surface area contributed by atoms with Gasteiger partial charge in [0.05, 0.1) is 4.92 Å². The van der Waals surface area contributed by atoms with E-state index < -0.39 is 4.92 Å². The Morgan fingerprint density at radius 3 is 2.50 bits per heavy atom. The second-order valence-corrected chi connectivity index (χ2v) is 4.90. The molecule has 1 heterocycles. The summed E-state index contributed by atoms with van der Waals surface area (Å²) in [6.45, 7) is 2.00. The Kier molecular flexibility index (Phi) is 3.62. The van der Waals surface area contributed by atoms with E-state index in [1.54, 1.807) is 18.2 Å². The van der Waals surface area contributed by atoms with E-state index in [-0.39, 0.29) is 10.8 Å². The van der Waals surface area contributed by atoms with Gasteiger partial charge in [0.1, 0.15) is 0 Å². The van der Waals surface area contributed by atoms with Crippen LogP contribution in [0.3, 0.4) is 0 Å². The first kappa shape index (κ1) is 12.6. The summed E-state index contributed by atoms with van der Waals surface area (Å²) >= 11 is 1.25. The average Bonchev–Trinajstić information content (AvgIpc) is 2.71. The molecule has 0 unspecified atom stereocenters. The molecule has 0 spiro atoms. The Bertz CT molecular complexity index is 558. The number of thioether (sulfide) groups is 1. The molecule has 0 N–H and O–H groups in total. The lowest BCUT2D eigenvalue weighted by molar-refractivity contribution is -0.384. The van der Waals surface area contributed by atoms with Gasteiger partial charge in [-0.2, -0.15) is 0 Å². The molecule has 1 aliphatic heterocycles. The highest BCUT2D eigenvalue weighted by atomic mass is 32.2. The minimum absolute atomic E-state index is 0.0326. The number of nitro groups is 1. The third-order valence-corrected chi connectivity index (χ3v) is 3.64. The molecule has 0 saturated carbocycles. The zero-order valence-corrected chi connectivity index (χ0v) is 10.6. The van der Waals surface area contributed by atoms with Gasteiger partial charge in [0, 0.05) is 17.7 Å². The molecule has 92 valence electrons. The van der Waals surface area contributed by atoms with Crippen molar-refractivity contribution < 1.29 is 9.72 Å². The molecule has 0 fully saturated rings. The molecule has 1 aromatic rings. The van der Waals surface area contributed by atoms with E-state index in [9.17, 15) is 14.9 Å². The summed E-state index contributed by atoms with van der Waals surface area (Å²) in [5.41, 5.74) is 1.48. The van der Waals surface area contributed by atoms with Gasteiger partial charge in [-0.05, 0) is 41.2 Å². The Morgan fingerprint density at radius 1 is 1.33 bits per heavy atom. The van der Waals surface area contributed by atoms with E-state index in [0.717, 1.165) is 16.9 Å². The van der Waals surface area contributed by atoms with Crippen molar-refractivity contribution in [1.29, 1.82) is 0 Å². The molecule has 5 heteroatoms. The fraction of sp³-hybridized carbons (Fsp3) is 0.154. The summed E-state index contributed by atoms with van der Waals surface area (Å²) in [7, 11) is 0. The summed E-state index contributed by atoms with van der Waals surface area (Å²) < 4.78 is 0. The Balaban J connectivity index is 2.25. The molecule has 0 radical (unpaired) electrons. The summed E-state index contributed by atoms with van der Waals surface area (Å²) in [5, 5.41) is 10.5. The van der Waals surface area contributed by atoms with Crippen LogP contribution >= 0.6 is 11.8 Å². The number of hydrogen-bond donors (Lipinski definition) is 0. The van der Waals surface area contributed by atoms with Crippen molar-refractivity contribution in [3.8, 4) is 0 Å². The smallest absolute Gasteiger partial charge is 0.269 e. The van der Waals surface area contributed by atoms with Crippen LogP contribution in [-0.2, 0) is 4.79 Å². The molecule has 0 aromatic heterocycles. The number of rotatable bonds is 3. The maximum Gasteiger partial charge on any atom is 0.269 e. The van der Waals surface area contributed by atoms with Crippen molar-refractivity contribution in [1.82, 2.24) is 0 Å². The highest BCUT2D eigenvalue weighted by Crippen LogP contribution is 2.33. The van der Waals surface area contributed by atoms with Crippen LogP contribution in [0.1, 0.15) is 18.9 Å². The predicted octanol–water partition coefficient (Wildman–Crippen LogP) is 3.55. The largest absolute Gasteiger partial charge is 0.281 e. The van der Waals surface area contributed by atoms with Crippen LogP contribution in [0.5, 0.6) is 0 Å². The minimum atomic E-state index is -0.442. The Hall–Kier alpha value is -1.88. The van der Waals surface area contributed by atoms with Gasteiger partial charge in [0.25, 0.3) is 5.69 Å². The van der Waals surface area contributed by atoms with E-state index in [2.05, 4.69) is 0 Å². The van der Waals surface area contributed by atoms with Gasteiger partial charge >= 0.3 is 0 Å². The molecular weight excluding hydrogens is 250 g/mol. The molecule has 0 atom stereocenters. The van der Waals surface area contributed by atoms with Crippen molar-refractivity contribution in [3.05, 3.63) is 56.5 Å². The molecule has 0 amide bonds. The number of benzene rings is 1. The summed E-state index contributed by atoms with van der Waals surface area (Å²) in [6.07, 6.45) is 4.46. The van der Waals surface area contributed by atoms with Gasteiger partial charge in [0.15, 0.2) is 0 Å². The van der Waals surface area contributed by atoms with Crippen LogP contribution in [0.15, 0.2) is 40.8 Å². The standard InChI is InChI=1S/C13H11NO3S/c1-2-12-8-10(13(15)18-12)7-9-3-5-11(6-4-9)14(16)17/h3-8H,2H2,1H3. The third-order valence-electron chi connectivity index (χ3n) is 2.55. The first-order valence-corrected chi connectivity index (χ1v) is 6.30. The molecule has 0 aliphatic carbocycles. The van der Waals surface area contributed by atoms with E-state index >= 15 is 0 Å². The molecule has 1 aliphatic rings. The third kappa shape index (κ3) is 2.68. The van der Waals surface area contributed by atoms with Gasteiger partial charge in [0.2, 0.25) is 5.12 Å². The van der Waals surface area contributed by atoms with Gasteiger partial charge in [-0.25, -0.2) is 0 Å². The minimum Gasteiger partial charge on any atom is -0.281 e. The van der Waals surface area contributed by atoms with Crippen LogP contribution in [0.4, 0.5) is 5.69 Å². The molecule has 4 nitrogen and oxygen atoms in total. The lowest BCUT2D eigenvalue weighted by atomic mass is 10.1. The molecule has 0 bridgehead atoms. The number of carbonyl (C=O) groups excluding carboxylic acids is 1. The SMILES string of the molecule is CCC1=CC(=Cc2ccc([N+](=O)[O-])cc2)C(=O)S1. The van der Waals surface area contributed by atoms with Gasteiger partial charge in [-0.15, -0.1) is 0 Å². The molecule has 1 aromatic carbocycles. The highest BCUT2D eigenvalue weighted by Gasteiger charge is 2.18. The monoisotopic (exact) mass is 261 g/mol. The molecule has 2 rings (SSSR count). The number of non-ortho nitro benzene ring substituents is 1. The summed E-state index contributed by atoms with van der Waals surface area (Å²) in [5.74, 6) is 0. The fourth-order valence-electron chi connectivity index (χ4n) is 1.59. The van der Waals surface area contributed by atoms with Crippen LogP contribution in [0.25, 0.3) is 6.08 Å². The topological polar surface area (TPSA) is 60.2 Å². The van der Waals surface area contributed by atoms with Crippen molar-refractivity contribution >= 4 is 28.6 Å². The number of hydrogen-bond acceptors (Lipinski definition) is 4. The van der Waals surface area contributed by atoms with Crippen LogP contribution in [-0.4, -0.2) is 10.0 Å². The average molecular weight is 261 g/mol. The van der Waals surface area contributed by atoms with Crippen LogP contribution < -0.4 is 0 Å². The predicted molar refractivity (Wildman–Crippen MR) is 72.0 cm³/mol. The van der Waals surface area contributed by atoms with Crippen LogP contribution in [0.2, 0.25) is 0 Å². The second kappa shape index (κ2) is 5.18. The lowest BCUT2D eigenvalue weighted by Crippen LogP contribution is -1.89. The Morgan fingerprint density at radius 2 is 2.00 bits per heavy atom. The Labute approximate surface area is 109 Å². The normalized spacial score (nSPS) is 17.1. The second-order valence-electron chi connectivity index (χ2n) is 3.80. The maximum absolute atomic E-state index is 11.7. The van der Waals surface area contributed by atoms with E-state index in [0.29, 0.717) is 5.57 Å². The summed E-state index contributed by atoms with van der Waals surface area (Å²) in [4.78, 5) is 22.8. The van der Waals surface area contributed by atoms with Crippen molar-refractivity contribution in [2.24, 2.45) is 0 Å². The quantitative estimate of drug-likeness (QED) is 0.474. The molecule has 0 saturated heterocycles. The van der Waals surface area contributed by atoms with Gasteiger partial charge in [-0.3, -0.25) is 14.9 Å². The number of carbonyl (C=O) groups is 1. The lowest BCUT2D eigenvalue weighted by Gasteiger charge is -1.95. The first-order valence-electron chi connectivity index (χ1n) is 5.49. The van der Waals surface area contributed by atoms with E-state index in [1.165, 1.54) is 23.9 Å². The molecular formula is C13H11NO3S. The van der Waals surface area contributed by atoms with Crippen molar-refractivity contribution in [3.63, 3.8) is 0 Å². The molecule has 18 heavy (non-hydrogen) atoms. The van der Waals surface area contributed by atoms with E-state index in [1.807, 2.05) is 13.0 Å². The summed E-state index contributed by atoms with van der Waals surface area (Å²) in [6, 6.07) is 6.15. The first-order chi connectivity index (χ1) is 8.60. The fourth-order valence-corrected chi connectivity index (χ4v) is 2.39. The van der Waals surface area contributed by atoms with Gasteiger partial charge < -0.3 is 0 Å². The number of nitrogens with zero attached hydrogens (tertiary/aromatic N) is 1. The van der Waals surface area contributed by atoms with Gasteiger partial charge in [-0.1, -0.05) is 18.7 Å². The van der Waals surface area contributed by atoms with Crippen LogP contribution in [0, 0.1) is 10.1 Å². The number of nitro benzene ring substituents is 1. The number of allylic oxidation sites excluding steroid dienone is 2. The highest BCUT2D eigenvalue weighted by molar-refractivity contribution is 8.17. The van der Waals surface area contributed by atoms with Crippen molar-refractivity contribution in [2.45, 2.75) is 13.3 Å². The maximum atomic E-state index is 11.7. The van der Waals surface area contributed by atoms with Crippen molar-refractivity contribution in [2.75, 3.05) is 0 Å². The zero-order chi connectivity index (χ0) is 13.1. The van der Waals surface area contributed by atoms with E-state index in [4.69, 9.17) is 0 Å².